The van der Waals surface area contributed by atoms with E-state index in [2.05, 4.69) is 0 Å². The number of sulfonamides is 1. The fourth-order valence-corrected chi connectivity index (χ4v) is 3.79. The van der Waals surface area contributed by atoms with E-state index in [0.717, 1.165) is 12.0 Å². The zero-order valence-corrected chi connectivity index (χ0v) is 11.6. The number of nitrogens with zero attached hydrogens (tertiary/aromatic N) is 1. The highest BCUT2D eigenvalue weighted by Gasteiger charge is 2.35. The highest BCUT2D eigenvalue weighted by molar-refractivity contribution is 7.89. The van der Waals surface area contributed by atoms with Crippen molar-refractivity contribution in [3.8, 4) is 0 Å². The monoisotopic (exact) mass is 283 g/mol. The van der Waals surface area contributed by atoms with Gasteiger partial charge in [-0.2, -0.15) is 4.31 Å². The van der Waals surface area contributed by atoms with E-state index in [4.69, 9.17) is 5.11 Å². The van der Waals surface area contributed by atoms with E-state index in [0.29, 0.717) is 6.42 Å². The first-order chi connectivity index (χ1) is 8.95. The predicted octanol–water partition coefficient (Wildman–Crippen LogP) is 1.34. The zero-order chi connectivity index (χ0) is 14.0. The molecule has 0 spiro atoms. The molecule has 0 aliphatic carbocycles. The molecule has 1 saturated heterocycles. The Kier molecular flexibility index (Phi) is 3.91. The van der Waals surface area contributed by atoms with Crippen molar-refractivity contribution in [2.75, 3.05) is 13.1 Å². The molecule has 2 rings (SSSR count). The van der Waals surface area contributed by atoms with Gasteiger partial charge in [0.2, 0.25) is 10.0 Å². The molecule has 1 unspecified atom stereocenters. The third-order valence-corrected chi connectivity index (χ3v) is 5.31. The van der Waals surface area contributed by atoms with Crippen LogP contribution in [0.3, 0.4) is 0 Å². The normalized spacial score (nSPS) is 20.6. The Labute approximate surface area is 112 Å². The lowest BCUT2D eigenvalue weighted by Crippen LogP contribution is -2.30. The number of aliphatic carboxylic acids is 1. The summed E-state index contributed by atoms with van der Waals surface area (Å²) in [4.78, 5) is 11.1. The summed E-state index contributed by atoms with van der Waals surface area (Å²) in [6.07, 6.45) is 1.14. The van der Waals surface area contributed by atoms with Crippen LogP contribution in [0.1, 0.15) is 18.9 Å². The first-order valence-corrected chi connectivity index (χ1v) is 7.71. The lowest BCUT2D eigenvalue weighted by molar-refractivity contribution is -0.141. The van der Waals surface area contributed by atoms with Crippen LogP contribution in [0.2, 0.25) is 0 Å². The Hall–Kier alpha value is -1.40. The number of carbonyl (C=O) groups is 1. The quantitative estimate of drug-likeness (QED) is 0.905. The minimum absolute atomic E-state index is 0.0635. The molecule has 1 heterocycles. The van der Waals surface area contributed by atoms with E-state index in [-0.39, 0.29) is 18.0 Å². The molecule has 0 radical (unpaired) electrons. The number of carboxylic acid groups (broad SMARTS) is 1. The molecule has 0 amide bonds. The molecule has 19 heavy (non-hydrogen) atoms. The maximum atomic E-state index is 12.4. The SMILES string of the molecule is CCc1cccc(S(=O)(=O)N2CCC(C(=O)O)C2)c1. The van der Waals surface area contributed by atoms with Crippen LogP contribution >= 0.6 is 0 Å². The van der Waals surface area contributed by atoms with Crippen molar-refractivity contribution >= 4 is 16.0 Å². The van der Waals surface area contributed by atoms with Crippen LogP contribution in [0.15, 0.2) is 29.2 Å². The fourth-order valence-electron chi connectivity index (χ4n) is 2.22. The van der Waals surface area contributed by atoms with E-state index in [9.17, 15) is 13.2 Å². The van der Waals surface area contributed by atoms with Gasteiger partial charge in [-0.3, -0.25) is 4.79 Å². The van der Waals surface area contributed by atoms with E-state index >= 15 is 0 Å². The van der Waals surface area contributed by atoms with Gasteiger partial charge in [-0.1, -0.05) is 19.1 Å². The standard InChI is InChI=1S/C13H17NO4S/c1-2-10-4-3-5-12(8-10)19(17,18)14-7-6-11(9-14)13(15)16/h3-5,8,11H,2,6-7,9H2,1H3,(H,15,16). The molecular weight excluding hydrogens is 266 g/mol. The molecule has 1 fully saturated rings. The molecule has 1 aromatic rings. The molecule has 1 atom stereocenters. The fraction of sp³-hybridized carbons (Fsp3) is 0.462. The van der Waals surface area contributed by atoms with Crippen molar-refractivity contribution in [1.82, 2.24) is 4.31 Å². The van der Waals surface area contributed by atoms with E-state index < -0.39 is 21.9 Å². The first kappa shape index (κ1) is 14.0. The summed E-state index contributed by atoms with van der Waals surface area (Å²) in [5.74, 6) is -1.52. The van der Waals surface area contributed by atoms with Gasteiger partial charge in [0.25, 0.3) is 0 Å². The Morgan fingerprint density at radius 2 is 2.21 bits per heavy atom. The van der Waals surface area contributed by atoms with Gasteiger partial charge in [-0.15, -0.1) is 0 Å². The summed E-state index contributed by atoms with van der Waals surface area (Å²) in [6, 6.07) is 6.81. The van der Waals surface area contributed by atoms with Gasteiger partial charge in [0.1, 0.15) is 0 Å². The Morgan fingerprint density at radius 3 is 2.79 bits per heavy atom. The van der Waals surface area contributed by atoms with Crippen molar-refractivity contribution in [2.24, 2.45) is 5.92 Å². The van der Waals surface area contributed by atoms with Gasteiger partial charge in [0.05, 0.1) is 10.8 Å². The summed E-state index contributed by atoms with van der Waals surface area (Å²) < 4.78 is 26.1. The molecule has 0 bridgehead atoms. The number of rotatable bonds is 4. The lowest BCUT2D eigenvalue weighted by Gasteiger charge is -2.16. The Balaban J connectivity index is 2.25. The molecule has 1 N–H and O–H groups in total. The molecule has 5 nitrogen and oxygen atoms in total. The van der Waals surface area contributed by atoms with Crippen molar-refractivity contribution in [3.63, 3.8) is 0 Å². The molecule has 0 aromatic heterocycles. The smallest absolute Gasteiger partial charge is 0.307 e. The van der Waals surface area contributed by atoms with Crippen LogP contribution < -0.4 is 0 Å². The maximum absolute atomic E-state index is 12.4. The number of carboxylic acids is 1. The van der Waals surface area contributed by atoms with Crippen LogP contribution in [-0.2, 0) is 21.2 Å². The largest absolute Gasteiger partial charge is 0.481 e. The molecule has 104 valence electrons. The van der Waals surface area contributed by atoms with Crippen LogP contribution in [0.4, 0.5) is 0 Å². The van der Waals surface area contributed by atoms with Crippen molar-refractivity contribution in [2.45, 2.75) is 24.7 Å². The highest BCUT2D eigenvalue weighted by Crippen LogP contribution is 2.25. The highest BCUT2D eigenvalue weighted by atomic mass is 32.2. The van der Waals surface area contributed by atoms with Crippen molar-refractivity contribution in [1.29, 1.82) is 0 Å². The van der Waals surface area contributed by atoms with Gasteiger partial charge in [0, 0.05) is 13.1 Å². The van der Waals surface area contributed by atoms with E-state index in [1.807, 2.05) is 13.0 Å². The van der Waals surface area contributed by atoms with Gasteiger partial charge in [0.15, 0.2) is 0 Å². The predicted molar refractivity (Wildman–Crippen MR) is 70.3 cm³/mol. The Morgan fingerprint density at radius 1 is 1.47 bits per heavy atom. The van der Waals surface area contributed by atoms with Crippen LogP contribution in [-0.4, -0.2) is 36.9 Å². The van der Waals surface area contributed by atoms with Crippen molar-refractivity contribution in [3.05, 3.63) is 29.8 Å². The van der Waals surface area contributed by atoms with Gasteiger partial charge >= 0.3 is 5.97 Å². The second-order valence-electron chi connectivity index (χ2n) is 4.69. The number of benzene rings is 1. The summed E-state index contributed by atoms with van der Waals surface area (Å²) in [5, 5.41) is 8.93. The molecule has 6 heteroatoms. The number of hydrogen-bond acceptors (Lipinski definition) is 3. The molecule has 1 aromatic carbocycles. The number of hydrogen-bond donors (Lipinski definition) is 1. The van der Waals surface area contributed by atoms with Crippen LogP contribution in [0.5, 0.6) is 0 Å². The van der Waals surface area contributed by atoms with Gasteiger partial charge < -0.3 is 5.11 Å². The second-order valence-corrected chi connectivity index (χ2v) is 6.63. The number of aryl methyl sites for hydroxylation is 1. The Bertz CT molecular complexity index is 582. The van der Waals surface area contributed by atoms with Gasteiger partial charge in [-0.25, -0.2) is 8.42 Å². The first-order valence-electron chi connectivity index (χ1n) is 6.27. The third kappa shape index (κ3) is 2.79. The second kappa shape index (κ2) is 5.30. The minimum atomic E-state index is -3.57. The van der Waals surface area contributed by atoms with E-state index in [1.54, 1.807) is 18.2 Å². The average Bonchev–Trinajstić information content (AvgIpc) is 2.89. The minimum Gasteiger partial charge on any atom is -0.481 e. The van der Waals surface area contributed by atoms with Gasteiger partial charge in [-0.05, 0) is 30.5 Å². The van der Waals surface area contributed by atoms with E-state index in [1.165, 1.54) is 4.31 Å². The molecule has 0 saturated carbocycles. The third-order valence-electron chi connectivity index (χ3n) is 3.44. The summed E-state index contributed by atoms with van der Waals surface area (Å²) in [5.41, 5.74) is 0.954. The zero-order valence-electron chi connectivity index (χ0n) is 10.7. The van der Waals surface area contributed by atoms with Crippen LogP contribution in [0, 0.1) is 5.92 Å². The van der Waals surface area contributed by atoms with Crippen molar-refractivity contribution < 1.29 is 18.3 Å². The average molecular weight is 283 g/mol. The summed E-state index contributed by atoms with van der Waals surface area (Å²) >= 11 is 0. The van der Waals surface area contributed by atoms with Crippen LogP contribution in [0.25, 0.3) is 0 Å². The summed E-state index contributed by atoms with van der Waals surface area (Å²) in [6.45, 7) is 2.30. The lowest BCUT2D eigenvalue weighted by atomic mass is 10.1. The molecule has 1 aliphatic rings. The maximum Gasteiger partial charge on any atom is 0.307 e. The molecular formula is C13H17NO4S. The summed E-state index contributed by atoms with van der Waals surface area (Å²) in [7, 11) is -3.57. The molecule has 1 aliphatic heterocycles. The topological polar surface area (TPSA) is 74.7 Å².